The van der Waals surface area contributed by atoms with Crippen molar-refractivity contribution in [2.24, 2.45) is 0 Å². The molecule has 1 saturated carbocycles. The van der Waals surface area contributed by atoms with E-state index in [1.807, 2.05) is 17.8 Å². The Morgan fingerprint density at radius 1 is 1.32 bits per heavy atom. The van der Waals surface area contributed by atoms with Crippen molar-refractivity contribution in [1.82, 2.24) is 0 Å². The van der Waals surface area contributed by atoms with E-state index in [1.165, 1.54) is 49.0 Å². The summed E-state index contributed by atoms with van der Waals surface area (Å²) in [5, 5.41) is 0.687. The molecule has 0 amide bonds. The van der Waals surface area contributed by atoms with Gasteiger partial charge in [-0.3, -0.25) is 0 Å². The zero-order valence-electron chi connectivity index (χ0n) is 11.7. The van der Waals surface area contributed by atoms with E-state index in [9.17, 15) is 0 Å². The first-order valence-corrected chi connectivity index (χ1v) is 8.22. The molecule has 1 aliphatic heterocycles. The standard InChI is InChI=1S/C16H23NOS/c1-12-14(17)5-4-6-15(12)19-13-7-10-18-16(11-13)8-2-3-9-16/h4-6,13H,2-3,7-11,17H2,1H3. The number of anilines is 1. The zero-order valence-corrected chi connectivity index (χ0v) is 12.5. The van der Waals surface area contributed by atoms with Crippen LogP contribution >= 0.6 is 11.8 Å². The van der Waals surface area contributed by atoms with Gasteiger partial charge in [0.25, 0.3) is 0 Å². The minimum Gasteiger partial charge on any atom is -0.398 e. The maximum atomic E-state index is 6.11. The molecule has 0 aromatic heterocycles. The van der Waals surface area contributed by atoms with E-state index in [2.05, 4.69) is 19.1 Å². The molecule has 2 nitrogen and oxygen atoms in total. The molecule has 19 heavy (non-hydrogen) atoms. The summed E-state index contributed by atoms with van der Waals surface area (Å²) in [6.45, 7) is 3.06. The number of benzene rings is 1. The lowest BCUT2D eigenvalue weighted by atomic mass is 9.92. The molecule has 2 fully saturated rings. The van der Waals surface area contributed by atoms with Gasteiger partial charge in [0, 0.05) is 22.4 Å². The SMILES string of the molecule is Cc1c(N)cccc1SC1CCOC2(CCCC2)C1. The number of hydrogen-bond acceptors (Lipinski definition) is 3. The Morgan fingerprint density at radius 3 is 2.89 bits per heavy atom. The molecule has 1 aromatic carbocycles. The highest BCUT2D eigenvalue weighted by atomic mass is 32.2. The number of hydrogen-bond donors (Lipinski definition) is 1. The summed E-state index contributed by atoms with van der Waals surface area (Å²) in [6.07, 6.45) is 7.59. The van der Waals surface area contributed by atoms with E-state index < -0.39 is 0 Å². The van der Waals surface area contributed by atoms with Gasteiger partial charge in [-0.1, -0.05) is 18.9 Å². The predicted molar refractivity (Wildman–Crippen MR) is 81.6 cm³/mol. The van der Waals surface area contributed by atoms with Gasteiger partial charge in [-0.25, -0.2) is 0 Å². The maximum absolute atomic E-state index is 6.11. The van der Waals surface area contributed by atoms with Crippen molar-refractivity contribution in [2.45, 2.75) is 61.2 Å². The molecule has 1 spiro atoms. The average molecular weight is 277 g/mol. The quantitative estimate of drug-likeness (QED) is 0.824. The fourth-order valence-electron chi connectivity index (χ4n) is 3.39. The van der Waals surface area contributed by atoms with Crippen molar-refractivity contribution >= 4 is 17.4 Å². The highest BCUT2D eigenvalue weighted by Crippen LogP contribution is 2.45. The van der Waals surface area contributed by atoms with Crippen molar-refractivity contribution in [1.29, 1.82) is 0 Å². The minimum absolute atomic E-state index is 0.212. The predicted octanol–water partition coefficient (Wildman–Crippen LogP) is 4.16. The van der Waals surface area contributed by atoms with Gasteiger partial charge in [0.05, 0.1) is 5.60 Å². The van der Waals surface area contributed by atoms with Crippen LogP contribution in [0, 0.1) is 6.92 Å². The molecule has 2 N–H and O–H groups in total. The number of ether oxygens (including phenoxy) is 1. The van der Waals surface area contributed by atoms with Gasteiger partial charge in [-0.2, -0.15) is 0 Å². The summed E-state index contributed by atoms with van der Waals surface area (Å²) in [5.41, 5.74) is 8.36. The molecule has 2 aliphatic rings. The Morgan fingerprint density at radius 2 is 2.11 bits per heavy atom. The smallest absolute Gasteiger partial charge is 0.0693 e. The number of thioether (sulfide) groups is 1. The summed E-state index contributed by atoms with van der Waals surface area (Å²) in [7, 11) is 0. The third-order valence-corrected chi connectivity index (χ3v) is 6.01. The van der Waals surface area contributed by atoms with Crippen LogP contribution in [0.4, 0.5) is 5.69 Å². The molecule has 104 valence electrons. The molecule has 1 heterocycles. The lowest BCUT2D eigenvalue weighted by molar-refractivity contribution is -0.0704. The largest absolute Gasteiger partial charge is 0.398 e. The second kappa shape index (κ2) is 5.37. The van der Waals surface area contributed by atoms with Crippen molar-refractivity contribution in [3.63, 3.8) is 0 Å². The first-order valence-electron chi connectivity index (χ1n) is 7.34. The Hall–Kier alpha value is -0.670. The fourth-order valence-corrected chi connectivity index (χ4v) is 4.80. The summed E-state index contributed by atoms with van der Waals surface area (Å²) in [4.78, 5) is 1.35. The summed E-state index contributed by atoms with van der Waals surface area (Å²) >= 11 is 2.01. The normalized spacial score (nSPS) is 25.8. The number of nitrogen functional groups attached to an aromatic ring is 1. The van der Waals surface area contributed by atoms with Crippen LogP contribution in [-0.4, -0.2) is 17.5 Å². The van der Waals surface area contributed by atoms with Crippen molar-refractivity contribution in [3.05, 3.63) is 23.8 Å². The molecule has 0 bridgehead atoms. The van der Waals surface area contributed by atoms with E-state index in [-0.39, 0.29) is 5.60 Å². The molecule has 1 aliphatic carbocycles. The second-order valence-electron chi connectivity index (χ2n) is 5.94. The number of rotatable bonds is 2. The monoisotopic (exact) mass is 277 g/mol. The van der Waals surface area contributed by atoms with Gasteiger partial charge in [-0.15, -0.1) is 11.8 Å². The second-order valence-corrected chi connectivity index (χ2v) is 7.28. The molecule has 1 saturated heterocycles. The van der Waals surface area contributed by atoms with E-state index in [0.717, 1.165) is 12.3 Å². The fraction of sp³-hybridized carbons (Fsp3) is 0.625. The Kier molecular flexibility index (Phi) is 3.77. The van der Waals surface area contributed by atoms with E-state index in [4.69, 9.17) is 10.5 Å². The van der Waals surface area contributed by atoms with Crippen molar-refractivity contribution in [2.75, 3.05) is 12.3 Å². The Bertz CT molecular complexity index is 454. The third-order valence-electron chi connectivity index (χ3n) is 4.58. The van der Waals surface area contributed by atoms with E-state index in [1.54, 1.807) is 0 Å². The maximum Gasteiger partial charge on any atom is 0.0693 e. The highest BCUT2D eigenvalue weighted by Gasteiger charge is 2.40. The van der Waals surface area contributed by atoms with Gasteiger partial charge in [0.2, 0.25) is 0 Å². The Balaban J connectivity index is 1.71. The van der Waals surface area contributed by atoms with E-state index >= 15 is 0 Å². The van der Waals surface area contributed by atoms with Gasteiger partial charge < -0.3 is 10.5 Å². The molecule has 1 unspecified atom stereocenters. The van der Waals surface area contributed by atoms with Gasteiger partial charge in [0.1, 0.15) is 0 Å². The first kappa shape index (κ1) is 13.3. The summed E-state index contributed by atoms with van der Waals surface area (Å²) in [5.74, 6) is 0. The van der Waals surface area contributed by atoms with Crippen molar-refractivity contribution < 1.29 is 4.74 Å². The average Bonchev–Trinajstić information content (AvgIpc) is 2.83. The molecule has 3 heteroatoms. The molecule has 3 rings (SSSR count). The van der Waals surface area contributed by atoms with Crippen LogP contribution in [0.15, 0.2) is 23.1 Å². The van der Waals surface area contributed by atoms with Gasteiger partial charge >= 0.3 is 0 Å². The van der Waals surface area contributed by atoms with Crippen LogP contribution in [0.5, 0.6) is 0 Å². The van der Waals surface area contributed by atoms with Crippen LogP contribution in [0.1, 0.15) is 44.1 Å². The lowest BCUT2D eigenvalue weighted by Gasteiger charge is -2.38. The van der Waals surface area contributed by atoms with Gasteiger partial charge in [-0.05, 0) is 50.3 Å². The van der Waals surface area contributed by atoms with Gasteiger partial charge in [0.15, 0.2) is 0 Å². The van der Waals surface area contributed by atoms with Crippen LogP contribution in [0.25, 0.3) is 0 Å². The third kappa shape index (κ3) is 2.77. The first-order chi connectivity index (χ1) is 9.19. The lowest BCUT2D eigenvalue weighted by Crippen LogP contribution is -2.38. The van der Waals surface area contributed by atoms with E-state index in [0.29, 0.717) is 5.25 Å². The van der Waals surface area contributed by atoms with Crippen LogP contribution < -0.4 is 5.73 Å². The summed E-state index contributed by atoms with van der Waals surface area (Å²) in [6, 6.07) is 6.25. The molecular formula is C16H23NOS. The zero-order chi connectivity index (χ0) is 13.3. The molecule has 1 atom stereocenters. The Labute approximate surface area is 120 Å². The van der Waals surface area contributed by atoms with Crippen LogP contribution in [0.2, 0.25) is 0 Å². The van der Waals surface area contributed by atoms with Crippen LogP contribution in [-0.2, 0) is 4.74 Å². The molecule has 1 aromatic rings. The highest BCUT2D eigenvalue weighted by molar-refractivity contribution is 8.00. The molecule has 0 radical (unpaired) electrons. The molecular weight excluding hydrogens is 254 g/mol. The number of nitrogens with two attached hydrogens (primary N) is 1. The van der Waals surface area contributed by atoms with Crippen molar-refractivity contribution in [3.8, 4) is 0 Å². The van der Waals surface area contributed by atoms with Crippen LogP contribution in [0.3, 0.4) is 0 Å². The summed E-state index contributed by atoms with van der Waals surface area (Å²) < 4.78 is 6.11. The topological polar surface area (TPSA) is 35.2 Å². The minimum atomic E-state index is 0.212.